The highest BCUT2D eigenvalue weighted by molar-refractivity contribution is 5.61. The summed E-state index contributed by atoms with van der Waals surface area (Å²) in [4.78, 5) is 0. The Balaban J connectivity index is 1.83. The molecule has 1 heterocycles. The molecule has 3 heteroatoms. The van der Waals surface area contributed by atoms with Crippen molar-refractivity contribution in [3.8, 4) is 11.1 Å². The second-order valence-corrected chi connectivity index (χ2v) is 5.94. The Labute approximate surface area is 127 Å². The van der Waals surface area contributed by atoms with E-state index >= 15 is 0 Å². The van der Waals surface area contributed by atoms with Gasteiger partial charge in [0.05, 0.1) is 12.2 Å². The summed E-state index contributed by atoms with van der Waals surface area (Å²) in [6.07, 6.45) is 10.7. The van der Waals surface area contributed by atoms with Crippen molar-refractivity contribution >= 4 is 0 Å². The standard InChI is InChI=1S/C18H25N3/c1-2-19-17-11-7-4-8-12-18(17)21-14-16(13-20-21)15-9-5-3-6-10-15/h3,5-6,9-10,13-14,17-19H,2,4,7-8,11-12H2,1H3. The summed E-state index contributed by atoms with van der Waals surface area (Å²) in [6.45, 7) is 3.23. The van der Waals surface area contributed by atoms with Gasteiger partial charge in [0.15, 0.2) is 0 Å². The maximum Gasteiger partial charge on any atom is 0.0672 e. The zero-order valence-electron chi connectivity index (χ0n) is 12.8. The highest BCUT2D eigenvalue weighted by Gasteiger charge is 2.25. The van der Waals surface area contributed by atoms with E-state index < -0.39 is 0 Å². The van der Waals surface area contributed by atoms with Gasteiger partial charge in [-0.05, 0) is 24.9 Å². The molecule has 0 aliphatic heterocycles. The molecule has 2 atom stereocenters. The largest absolute Gasteiger partial charge is 0.312 e. The molecule has 21 heavy (non-hydrogen) atoms. The lowest BCUT2D eigenvalue weighted by Crippen LogP contribution is -2.37. The van der Waals surface area contributed by atoms with Crippen molar-refractivity contribution in [1.29, 1.82) is 0 Å². The van der Waals surface area contributed by atoms with Crippen LogP contribution in [0.2, 0.25) is 0 Å². The number of aromatic nitrogens is 2. The molecule has 1 aromatic carbocycles. The molecule has 0 amide bonds. The molecule has 1 aliphatic carbocycles. The first-order valence-corrected chi connectivity index (χ1v) is 8.21. The smallest absolute Gasteiger partial charge is 0.0672 e. The molecule has 1 saturated carbocycles. The van der Waals surface area contributed by atoms with E-state index in [0.717, 1.165) is 6.54 Å². The monoisotopic (exact) mass is 283 g/mol. The van der Waals surface area contributed by atoms with Crippen LogP contribution in [-0.2, 0) is 0 Å². The minimum atomic E-state index is 0.491. The Morgan fingerprint density at radius 1 is 1.10 bits per heavy atom. The fourth-order valence-corrected chi connectivity index (χ4v) is 3.40. The molecular weight excluding hydrogens is 258 g/mol. The summed E-state index contributed by atoms with van der Waals surface area (Å²) < 4.78 is 2.20. The topological polar surface area (TPSA) is 29.9 Å². The Bertz CT molecular complexity index is 547. The van der Waals surface area contributed by atoms with Crippen LogP contribution in [0.3, 0.4) is 0 Å². The first-order valence-electron chi connectivity index (χ1n) is 8.21. The van der Waals surface area contributed by atoms with Crippen molar-refractivity contribution in [2.45, 2.75) is 51.1 Å². The van der Waals surface area contributed by atoms with E-state index in [9.17, 15) is 0 Å². The van der Waals surface area contributed by atoms with Gasteiger partial charge in [-0.25, -0.2) is 0 Å². The van der Waals surface area contributed by atoms with E-state index in [0.29, 0.717) is 12.1 Å². The number of benzene rings is 1. The average molecular weight is 283 g/mol. The molecule has 1 aliphatic rings. The minimum Gasteiger partial charge on any atom is -0.312 e. The van der Waals surface area contributed by atoms with Gasteiger partial charge in [0, 0.05) is 17.8 Å². The lowest BCUT2D eigenvalue weighted by atomic mass is 10.0. The van der Waals surface area contributed by atoms with E-state index in [4.69, 9.17) is 0 Å². The Morgan fingerprint density at radius 2 is 1.90 bits per heavy atom. The van der Waals surface area contributed by atoms with Gasteiger partial charge in [0.2, 0.25) is 0 Å². The van der Waals surface area contributed by atoms with Crippen LogP contribution in [-0.4, -0.2) is 22.4 Å². The van der Waals surface area contributed by atoms with Crippen molar-refractivity contribution in [3.63, 3.8) is 0 Å². The Morgan fingerprint density at radius 3 is 2.71 bits per heavy atom. The molecule has 0 spiro atoms. The van der Waals surface area contributed by atoms with Gasteiger partial charge in [-0.2, -0.15) is 5.10 Å². The van der Waals surface area contributed by atoms with E-state index in [-0.39, 0.29) is 0 Å². The second kappa shape index (κ2) is 6.90. The third-order valence-corrected chi connectivity index (χ3v) is 4.49. The summed E-state index contributed by atoms with van der Waals surface area (Å²) in [5.74, 6) is 0. The molecule has 112 valence electrons. The quantitative estimate of drug-likeness (QED) is 0.858. The van der Waals surface area contributed by atoms with Crippen LogP contribution in [0.25, 0.3) is 11.1 Å². The third kappa shape index (κ3) is 3.35. The van der Waals surface area contributed by atoms with Crippen LogP contribution in [0.1, 0.15) is 45.1 Å². The summed E-state index contributed by atoms with van der Waals surface area (Å²) >= 11 is 0. The molecule has 0 bridgehead atoms. The Hall–Kier alpha value is -1.61. The maximum absolute atomic E-state index is 4.67. The van der Waals surface area contributed by atoms with E-state index in [1.54, 1.807) is 0 Å². The first kappa shape index (κ1) is 14.3. The Kier molecular flexibility index (Phi) is 4.71. The third-order valence-electron chi connectivity index (χ3n) is 4.49. The van der Waals surface area contributed by atoms with Gasteiger partial charge in [0.1, 0.15) is 0 Å². The molecular formula is C18H25N3. The molecule has 1 aromatic heterocycles. The van der Waals surface area contributed by atoms with Crippen molar-refractivity contribution in [2.24, 2.45) is 0 Å². The number of likely N-dealkylation sites (N-methyl/N-ethyl adjacent to an activating group) is 1. The minimum absolute atomic E-state index is 0.491. The molecule has 0 saturated heterocycles. The predicted molar refractivity (Wildman–Crippen MR) is 87.2 cm³/mol. The zero-order valence-corrected chi connectivity index (χ0v) is 12.8. The van der Waals surface area contributed by atoms with Gasteiger partial charge in [0.25, 0.3) is 0 Å². The molecule has 2 aromatic rings. The lowest BCUT2D eigenvalue weighted by molar-refractivity contribution is 0.313. The van der Waals surface area contributed by atoms with Crippen molar-refractivity contribution in [3.05, 3.63) is 42.7 Å². The van der Waals surface area contributed by atoms with Crippen molar-refractivity contribution < 1.29 is 0 Å². The van der Waals surface area contributed by atoms with Crippen molar-refractivity contribution in [1.82, 2.24) is 15.1 Å². The SMILES string of the molecule is CCNC1CCCCCC1n1cc(-c2ccccc2)cn1. The average Bonchev–Trinajstić information content (AvgIpc) is 2.90. The van der Waals surface area contributed by atoms with Gasteiger partial charge in [-0.3, -0.25) is 4.68 Å². The second-order valence-electron chi connectivity index (χ2n) is 5.94. The predicted octanol–water partition coefficient (Wildman–Crippen LogP) is 4.03. The number of hydrogen-bond donors (Lipinski definition) is 1. The summed E-state index contributed by atoms with van der Waals surface area (Å²) in [5, 5.41) is 8.33. The molecule has 2 unspecified atom stereocenters. The molecule has 3 nitrogen and oxygen atoms in total. The van der Waals surface area contributed by atoms with Crippen LogP contribution >= 0.6 is 0 Å². The number of hydrogen-bond acceptors (Lipinski definition) is 2. The van der Waals surface area contributed by atoms with E-state index in [1.165, 1.54) is 43.2 Å². The maximum atomic E-state index is 4.67. The molecule has 1 N–H and O–H groups in total. The molecule has 0 radical (unpaired) electrons. The van der Waals surface area contributed by atoms with Crippen LogP contribution in [0.5, 0.6) is 0 Å². The highest BCUT2D eigenvalue weighted by atomic mass is 15.3. The van der Waals surface area contributed by atoms with Gasteiger partial charge < -0.3 is 5.32 Å². The number of nitrogens with one attached hydrogen (secondary N) is 1. The lowest BCUT2D eigenvalue weighted by Gasteiger charge is -2.26. The van der Waals surface area contributed by atoms with Gasteiger partial charge >= 0.3 is 0 Å². The van der Waals surface area contributed by atoms with Crippen LogP contribution in [0, 0.1) is 0 Å². The number of rotatable bonds is 4. The fourth-order valence-electron chi connectivity index (χ4n) is 3.40. The fraction of sp³-hybridized carbons (Fsp3) is 0.500. The summed E-state index contributed by atoms with van der Waals surface area (Å²) in [7, 11) is 0. The normalized spacial score (nSPS) is 22.9. The summed E-state index contributed by atoms with van der Waals surface area (Å²) in [6, 6.07) is 11.6. The number of nitrogens with zero attached hydrogens (tertiary/aromatic N) is 2. The van der Waals surface area contributed by atoms with E-state index in [2.05, 4.69) is 58.5 Å². The summed E-state index contributed by atoms with van der Waals surface area (Å²) in [5.41, 5.74) is 2.47. The van der Waals surface area contributed by atoms with Crippen LogP contribution in [0.4, 0.5) is 0 Å². The zero-order chi connectivity index (χ0) is 14.5. The van der Waals surface area contributed by atoms with E-state index in [1.807, 2.05) is 6.20 Å². The molecule has 1 fully saturated rings. The van der Waals surface area contributed by atoms with Crippen LogP contribution < -0.4 is 5.32 Å². The van der Waals surface area contributed by atoms with Gasteiger partial charge in [-0.15, -0.1) is 0 Å². The van der Waals surface area contributed by atoms with Crippen molar-refractivity contribution in [2.75, 3.05) is 6.54 Å². The van der Waals surface area contributed by atoms with Crippen LogP contribution in [0.15, 0.2) is 42.7 Å². The molecule has 3 rings (SSSR count). The first-order chi connectivity index (χ1) is 10.4. The highest BCUT2D eigenvalue weighted by Crippen LogP contribution is 2.29. The van der Waals surface area contributed by atoms with Gasteiger partial charge in [-0.1, -0.05) is 56.5 Å².